The van der Waals surface area contributed by atoms with Crippen molar-refractivity contribution in [3.05, 3.63) is 64.2 Å². The van der Waals surface area contributed by atoms with Crippen molar-refractivity contribution in [2.24, 2.45) is 0 Å². The highest BCUT2D eigenvalue weighted by Crippen LogP contribution is 2.39. The molecule has 1 saturated heterocycles. The molecule has 0 amide bonds. The van der Waals surface area contributed by atoms with Crippen LogP contribution in [0.2, 0.25) is 5.02 Å². The zero-order chi connectivity index (χ0) is 17.4. The van der Waals surface area contributed by atoms with E-state index in [-0.39, 0.29) is 0 Å². The predicted octanol–water partition coefficient (Wildman–Crippen LogP) is 3.67. The molecular formula is C21H26ClN3. The molecule has 0 radical (unpaired) electrons. The number of benzene rings is 2. The van der Waals surface area contributed by atoms with Gasteiger partial charge in [0.2, 0.25) is 0 Å². The van der Waals surface area contributed by atoms with Gasteiger partial charge in [-0.3, -0.25) is 0 Å². The Morgan fingerprint density at radius 1 is 0.920 bits per heavy atom. The number of piperazine rings is 1. The van der Waals surface area contributed by atoms with E-state index in [1.807, 2.05) is 0 Å². The summed E-state index contributed by atoms with van der Waals surface area (Å²) < 4.78 is 0. The van der Waals surface area contributed by atoms with E-state index in [1.54, 1.807) is 0 Å². The first-order chi connectivity index (χ1) is 12.1. The number of nitrogens with zero attached hydrogens (tertiary/aromatic N) is 3. The Morgan fingerprint density at radius 3 is 2.36 bits per heavy atom. The van der Waals surface area contributed by atoms with Crippen LogP contribution in [0.3, 0.4) is 0 Å². The maximum atomic E-state index is 6.75. The normalized spacial score (nSPS) is 22.0. The Morgan fingerprint density at radius 2 is 1.64 bits per heavy atom. The van der Waals surface area contributed by atoms with Crippen LogP contribution in [-0.4, -0.2) is 56.6 Å². The summed E-state index contributed by atoms with van der Waals surface area (Å²) in [5, 5.41) is 0.916. The van der Waals surface area contributed by atoms with Gasteiger partial charge in [0.05, 0.1) is 0 Å². The van der Waals surface area contributed by atoms with Crippen LogP contribution >= 0.6 is 11.6 Å². The summed E-state index contributed by atoms with van der Waals surface area (Å²) in [5.74, 6) is 0.389. The van der Waals surface area contributed by atoms with Crippen molar-refractivity contribution in [2.75, 3.05) is 51.7 Å². The van der Waals surface area contributed by atoms with E-state index in [9.17, 15) is 0 Å². The Hall–Kier alpha value is -1.55. The fourth-order valence-corrected chi connectivity index (χ4v) is 4.36. The number of hydrogen-bond acceptors (Lipinski definition) is 3. The van der Waals surface area contributed by atoms with Gasteiger partial charge in [-0.25, -0.2) is 0 Å². The maximum absolute atomic E-state index is 6.75. The van der Waals surface area contributed by atoms with E-state index in [2.05, 4.69) is 71.3 Å². The molecule has 2 aromatic carbocycles. The van der Waals surface area contributed by atoms with Gasteiger partial charge < -0.3 is 14.7 Å². The maximum Gasteiger partial charge on any atom is 0.0474 e. The molecule has 0 aliphatic carbocycles. The first kappa shape index (κ1) is 16.9. The van der Waals surface area contributed by atoms with Crippen LogP contribution in [0, 0.1) is 0 Å². The third-order valence-electron chi connectivity index (χ3n) is 5.58. The van der Waals surface area contributed by atoms with Gasteiger partial charge in [0.1, 0.15) is 0 Å². The number of fused-ring (bicyclic) bond motifs is 1. The smallest absolute Gasteiger partial charge is 0.0474 e. The van der Waals surface area contributed by atoms with Crippen molar-refractivity contribution in [2.45, 2.75) is 12.5 Å². The van der Waals surface area contributed by atoms with Crippen LogP contribution in [0.4, 0.5) is 5.69 Å². The zero-order valence-corrected chi connectivity index (χ0v) is 15.8. The first-order valence-electron chi connectivity index (χ1n) is 9.11. The van der Waals surface area contributed by atoms with E-state index in [0.717, 1.165) is 44.3 Å². The van der Waals surface area contributed by atoms with Crippen molar-refractivity contribution in [1.29, 1.82) is 0 Å². The van der Waals surface area contributed by atoms with Crippen molar-refractivity contribution in [3.8, 4) is 0 Å². The molecule has 1 fully saturated rings. The topological polar surface area (TPSA) is 9.72 Å². The summed E-state index contributed by atoms with van der Waals surface area (Å²) in [4.78, 5) is 7.24. The van der Waals surface area contributed by atoms with Gasteiger partial charge in [-0.15, -0.1) is 0 Å². The minimum Gasteiger partial charge on any atom is -0.369 e. The SMILES string of the molecule is CN1CCN(c2cc(Cl)c3c(c2)C(c2ccccc2)CN(C)C3)CC1. The van der Waals surface area contributed by atoms with Gasteiger partial charge >= 0.3 is 0 Å². The quantitative estimate of drug-likeness (QED) is 0.813. The number of likely N-dealkylation sites (N-methyl/N-ethyl adjacent to an activating group) is 2. The Labute approximate surface area is 155 Å². The van der Waals surface area contributed by atoms with Crippen molar-refractivity contribution in [3.63, 3.8) is 0 Å². The highest BCUT2D eigenvalue weighted by molar-refractivity contribution is 6.31. The molecule has 0 spiro atoms. The highest BCUT2D eigenvalue weighted by atomic mass is 35.5. The fourth-order valence-electron chi connectivity index (χ4n) is 4.08. The second-order valence-corrected chi connectivity index (χ2v) is 7.85. The third kappa shape index (κ3) is 3.41. The Kier molecular flexibility index (Phi) is 4.72. The Bertz CT molecular complexity index is 738. The Balaban J connectivity index is 1.74. The molecule has 4 heteroatoms. The lowest BCUT2D eigenvalue weighted by molar-refractivity contribution is 0.295. The van der Waals surface area contributed by atoms with Gasteiger partial charge in [-0.2, -0.15) is 0 Å². The molecule has 0 aromatic heterocycles. The summed E-state index contributed by atoms with van der Waals surface area (Å²) >= 11 is 6.75. The monoisotopic (exact) mass is 355 g/mol. The molecule has 2 aliphatic rings. The lowest BCUT2D eigenvalue weighted by Gasteiger charge is -2.37. The van der Waals surface area contributed by atoms with Crippen LogP contribution in [-0.2, 0) is 6.54 Å². The molecule has 25 heavy (non-hydrogen) atoms. The van der Waals surface area contributed by atoms with Gasteiger partial charge in [-0.1, -0.05) is 41.9 Å². The van der Waals surface area contributed by atoms with Crippen molar-refractivity contribution >= 4 is 17.3 Å². The molecule has 3 nitrogen and oxygen atoms in total. The number of rotatable bonds is 2. The lowest BCUT2D eigenvalue weighted by atomic mass is 9.84. The molecule has 1 unspecified atom stereocenters. The molecule has 2 heterocycles. The lowest BCUT2D eigenvalue weighted by Crippen LogP contribution is -2.44. The minimum absolute atomic E-state index is 0.389. The molecule has 2 aromatic rings. The van der Waals surface area contributed by atoms with Crippen LogP contribution in [0.25, 0.3) is 0 Å². The standard InChI is InChI=1S/C21H26ClN3/c1-23-8-10-25(11-9-23)17-12-18-19(16-6-4-3-5-7-16)14-24(2)15-20(18)21(22)13-17/h3-7,12-13,19H,8-11,14-15H2,1-2H3. The predicted molar refractivity (Wildman–Crippen MR) is 106 cm³/mol. The summed E-state index contributed by atoms with van der Waals surface area (Å²) in [6.07, 6.45) is 0. The minimum atomic E-state index is 0.389. The molecule has 1 atom stereocenters. The first-order valence-corrected chi connectivity index (χ1v) is 9.49. The summed E-state index contributed by atoms with van der Waals surface area (Å²) in [6.45, 7) is 6.34. The van der Waals surface area contributed by atoms with Gasteiger partial charge in [-0.05, 0) is 42.9 Å². The van der Waals surface area contributed by atoms with E-state index >= 15 is 0 Å². The number of hydrogen-bond donors (Lipinski definition) is 0. The molecule has 2 aliphatic heterocycles. The summed E-state index contributed by atoms with van der Waals surface area (Å²) in [5.41, 5.74) is 5.36. The second-order valence-electron chi connectivity index (χ2n) is 7.45. The van der Waals surface area contributed by atoms with Crippen LogP contribution in [0.5, 0.6) is 0 Å². The zero-order valence-electron chi connectivity index (χ0n) is 15.1. The van der Waals surface area contributed by atoms with E-state index in [1.165, 1.54) is 22.4 Å². The van der Waals surface area contributed by atoms with Crippen LogP contribution in [0.15, 0.2) is 42.5 Å². The van der Waals surface area contributed by atoms with Gasteiger partial charge in [0, 0.05) is 55.9 Å². The molecule has 132 valence electrons. The van der Waals surface area contributed by atoms with Crippen molar-refractivity contribution < 1.29 is 0 Å². The largest absolute Gasteiger partial charge is 0.369 e. The molecule has 0 bridgehead atoms. The molecular weight excluding hydrogens is 330 g/mol. The van der Waals surface area contributed by atoms with Crippen molar-refractivity contribution in [1.82, 2.24) is 9.80 Å². The molecule has 0 N–H and O–H groups in total. The van der Waals surface area contributed by atoms with Crippen LogP contribution in [0.1, 0.15) is 22.6 Å². The van der Waals surface area contributed by atoms with E-state index in [4.69, 9.17) is 11.6 Å². The average Bonchev–Trinajstić information content (AvgIpc) is 2.63. The van der Waals surface area contributed by atoms with E-state index in [0.29, 0.717) is 5.92 Å². The second kappa shape index (κ2) is 6.99. The number of anilines is 1. The molecule has 0 saturated carbocycles. The molecule has 4 rings (SSSR count). The van der Waals surface area contributed by atoms with Gasteiger partial charge in [0.25, 0.3) is 0 Å². The number of halogens is 1. The average molecular weight is 356 g/mol. The summed E-state index contributed by atoms with van der Waals surface area (Å²) in [7, 11) is 4.38. The third-order valence-corrected chi connectivity index (χ3v) is 5.92. The fraction of sp³-hybridized carbons (Fsp3) is 0.429. The van der Waals surface area contributed by atoms with Gasteiger partial charge in [0.15, 0.2) is 0 Å². The highest BCUT2D eigenvalue weighted by Gasteiger charge is 2.28. The van der Waals surface area contributed by atoms with Crippen LogP contribution < -0.4 is 4.90 Å². The summed E-state index contributed by atoms with van der Waals surface area (Å²) in [6, 6.07) is 15.4. The van der Waals surface area contributed by atoms with E-state index < -0.39 is 0 Å².